The molecule has 0 spiro atoms. The van der Waals surface area contributed by atoms with Crippen molar-refractivity contribution >= 4 is 5.78 Å². The molecule has 0 bridgehead atoms. The smallest absolute Gasteiger partial charge is 0.170 e. The molecule has 0 amide bonds. The standard InChI is InChI=1S/C28H42O6/c1-13(2)14(3)23-24(34-23)15(4)20-19(30)12-28(33)18-8-7-16-11-17(29)9-10-26(16,5)21(18)22(31)25(32)27(20,28)6/h7-8,13-15,17,19-21,23-25,29-30,32-33H,9-12H2,1-6H3/t14-,15-,17-,19-,20-,21+,23+,24+,25+,26-,27-,28-/m0/s1. The summed E-state index contributed by atoms with van der Waals surface area (Å²) in [7, 11) is 0. The minimum Gasteiger partial charge on any atom is -0.393 e. The van der Waals surface area contributed by atoms with Crippen LogP contribution in [0.25, 0.3) is 0 Å². The first-order chi connectivity index (χ1) is 15.8. The van der Waals surface area contributed by atoms with Crippen molar-refractivity contribution in [2.75, 3.05) is 0 Å². The number of allylic oxidation sites excluding steroid dienone is 2. The Morgan fingerprint density at radius 2 is 1.74 bits per heavy atom. The van der Waals surface area contributed by atoms with Crippen molar-refractivity contribution in [3.8, 4) is 0 Å². The van der Waals surface area contributed by atoms with Crippen molar-refractivity contribution in [2.24, 2.45) is 40.4 Å². The average molecular weight is 475 g/mol. The summed E-state index contributed by atoms with van der Waals surface area (Å²) in [6.45, 7) is 12.4. The van der Waals surface area contributed by atoms with Crippen LogP contribution in [0.3, 0.4) is 0 Å². The first-order valence-electron chi connectivity index (χ1n) is 13.2. The van der Waals surface area contributed by atoms with E-state index in [1.807, 2.05) is 26.0 Å². The zero-order valence-corrected chi connectivity index (χ0v) is 21.4. The molecule has 6 heteroatoms. The van der Waals surface area contributed by atoms with Gasteiger partial charge < -0.3 is 25.2 Å². The van der Waals surface area contributed by atoms with Gasteiger partial charge in [-0.15, -0.1) is 0 Å². The van der Waals surface area contributed by atoms with Gasteiger partial charge in [0.05, 0.1) is 35.9 Å². The number of ketones is 1. The third-order valence-electron chi connectivity index (χ3n) is 10.9. The van der Waals surface area contributed by atoms with Crippen LogP contribution in [0.2, 0.25) is 0 Å². The fourth-order valence-corrected chi connectivity index (χ4v) is 8.36. The normalized spacial score (nSPS) is 51.7. The van der Waals surface area contributed by atoms with Gasteiger partial charge in [-0.1, -0.05) is 59.3 Å². The number of aliphatic hydroxyl groups is 4. The van der Waals surface area contributed by atoms with Crippen LogP contribution in [0.15, 0.2) is 23.3 Å². The Kier molecular flexibility index (Phi) is 5.60. The average Bonchev–Trinajstić information content (AvgIpc) is 3.53. The van der Waals surface area contributed by atoms with Crippen molar-refractivity contribution in [2.45, 2.75) is 103 Å². The van der Waals surface area contributed by atoms with Crippen LogP contribution >= 0.6 is 0 Å². The van der Waals surface area contributed by atoms with E-state index in [4.69, 9.17) is 4.74 Å². The third-order valence-corrected chi connectivity index (χ3v) is 10.9. The van der Waals surface area contributed by atoms with E-state index in [9.17, 15) is 25.2 Å². The predicted octanol–water partition coefficient (Wildman–Crippen LogP) is 2.78. The van der Waals surface area contributed by atoms with E-state index in [0.717, 1.165) is 5.57 Å². The minimum atomic E-state index is -1.49. The van der Waals surface area contributed by atoms with E-state index < -0.39 is 46.6 Å². The molecule has 1 saturated heterocycles. The molecule has 4 aliphatic carbocycles. The number of carbonyl (C=O) groups excluding carboxylic acids is 1. The van der Waals surface area contributed by atoms with Crippen molar-refractivity contribution in [1.29, 1.82) is 0 Å². The molecule has 34 heavy (non-hydrogen) atoms. The molecule has 0 unspecified atom stereocenters. The highest BCUT2D eigenvalue weighted by molar-refractivity contribution is 5.93. The second kappa shape index (κ2) is 7.72. The van der Waals surface area contributed by atoms with Crippen molar-refractivity contribution in [3.05, 3.63) is 23.3 Å². The molecule has 12 atom stereocenters. The highest BCUT2D eigenvalue weighted by Crippen LogP contribution is 2.67. The summed E-state index contributed by atoms with van der Waals surface area (Å²) in [5.41, 5.74) is -1.60. The van der Waals surface area contributed by atoms with E-state index >= 15 is 0 Å². The molecule has 4 N–H and O–H groups in total. The lowest BCUT2D eigenvalue weighted by Gasteiger charge is -2.58. The molecule has 0 radical (unpaired) electrons. The van der Waals surface area contributed by atoms with Crippen LogP contribution in [-0.2, 0) is 9.53 Å². The highest BCUT2D eigenvalue weighted by atomic mass is 16.6. The summed E-state index contributed by atoms with van der Waals surface area (Å²) in [5, 5.41) is 45.5. The number of aliphatic hydroxyl groups excluding tert-OH is 3. The number of carbonyl (C=O) groups is 1. The number of fused-ring (bicyclic) bond motifs is 5. The second-order valence-corrected chi connectivity index (χ2v) is 12.8. The molecule has 5 aliphatic rings. The molecule has 4 fully saturated rings. The van der Waals surface area contributed by atoms with E-state index in [2.05, 4.69) is 20.8 Å². The Balaban J connectivity index is 1.54. The number of ether oxygens (including phenoxy) is 1. The lowest BCUT2D eigenvalue weighted by atomic mass is 9.47. The Bertz CT molecular complexity index is 939. The van der Waals surface area contributed by atoms with Gasteiger partial charge in [0.25, 0.3) is 0 Å². The summed E-state index contributed by atoms with van der Waals surface area (Å²) in [6.07, 6.45) is 3.01. The van der Waals surface area contributed by atoms with Crippen LogP contribution in [-0.4, -0.2) is 62.3 Å². The summed E-state index contributed by atoms with van der Waals surface area (Å²) in [5.74, 6) is -0.660. The van der Waals surface area contributed by atoms with Crippen molar-refractivity contribution < 1.29 is 30.0 Å². The van der Waals surface area contributed by atoms with Gasteiger partial charge in [-0.2, -0.15) is 0 Å². The Labute approximate surface area is 203 Å². The largest absolute Gasteiger partial charge is 0.393 e. The number of epoxide rings is 1. The van der Waals surface area contributed by atoms with E-state index in [-0.39, 0.29) is 30.3 Å². The highest BCUT2D eigenvalue weighted by Gasteiger charge is 2.74. The van der Waals surface area contributed by atoms with Crippen LogP contribution in [0.4, 0.5) is 0 Å². The van der Waals surface area contributed by atoms with Crippen LogP contribution < -0.4 is 0 Å². The number of hydrogen-bond acceptors (Lipinski definition) is 6. The van der Waals surface area contributed by atoms with E-state index in [1.165, 1.54) is 0 Å². The van der Waals surface area contributed by atoms with Crippen LogP contribution in [0.5, 0.6) is 0 Å². The van der Waals surface area contributed by atoms with Crippen LogP contribution in [0.1, 0.15) is 67.2 Å². The fraction of sp³-hybridized carbons (Fsp3) is 0.821. The second-order valence-electron chi connectivity index (χ2n) is 12.8. The van der Waals surface area contributed by atoms with E-state index in [1.54, 1.807) is 6.92 Å². The zero-order chi connectivity index (χ0) is 25.0. The summed E-state index contributed by atoms with van der Waals surface area (Å²) in [4.78, 5) is 13.9. The monoisotopic (exact) mass is 474 g/mol. The molecule has 1 aliphatic heterocycles. The third kappa shape index (κ3) is 3.02. The first kappa shape index (κ1) is 24.6. The minimum absolute atomic E-state index is 0.0552. The van der Waals surface area contributed by atoms with Gasteiger partial charge in [0.2, 0.25) is 0 Å². The molecule has 1 heterocycles. The molecular weight excluding hydrogens is 432 g/mol. The summed E-state index contributed by atoms with van der Waals surface area (Å²) >= 11 is 0. The molecule has 6 nitrogen and oxygen atoms in total. The lowest BCUT2D eigenvalue weighted by Crippen LogP contribution is -2.66. The maximum atomic E-state index is 13.9. The fourth-order valence-electron chi connectivity index (χ4n) is 8.36. The van der Waals surface area contributed by atoms with Gasteiger partial charge in [-0.3, -0.25) is 4.79 Å². The molecule has 0 aromatic rings. The van der Waals surface area contributed by atoms with Gasteiger partial charge in [-0.25, -0.2) is 0 Å². The number of hydrogen-bond donors (Lipinski definition) is 4. The Hall–Kier alpha value is -1.05. The number of Topliss-reactive ketones (excluding diaryl/α,β-unsaturated/α-hetero) is 1. The van der Waals surface area contributed by atoms with Gasteiger partial charge >= 0.3 is 0 Å². The van der Waals surface area contributed by atoms with Gasteiger partial charge in [0, 0.05) is 23.2 Å². The van der Waals surface area contributed by atoms with Gasteiger partial charge in [0.15, 0.2) is 5.78 Å². The summed E-state index contributed by atoms with van der Waals surface area (Å²) < 4.78 is 6.08. The SMILES string of the molecule is CC(C)[C@H](C)[C@H]1O[C@@H]1[C@@H](C)[C@H]1[C@@H](O)C[C@]2(O)C3=CC=C4C[C@@H](O)CC[C@]4(C)[C@H]3C(=O)[C@@H](O)[C@]12C. The Morgan fingerprint density at radius 1 is 1.06 bits per heavy atom. The van der Waals surface area contributed by atoms with Crippen molar-refractivity contribution in [3.63, 3.8) is 0 Å². The van der Waals surface area contributed by atoms with E-state index in [0.29, 0.717) is 36.7 Å². The Morgan fingerprint density at radius 3 is 2.38 bits per heavy atom. The summed E-state index contributed by atoms with van der Waals surface area (Å²) in [6, 6.07) is 0. The molecule has 5 rings (SSSR count). The topological polar surface area (TPSA) is 111 Å². The van der Waals surface area contributed by atoms with Gasteiger partial charge in [-0.05, 0) is 42.6 Å². The zero-order valence-electron chi connectivity index (χ0n) is 21.4. The molecule has 3 saturated carbocycles. The number of rotatable bonds is 4. The molecular formula is C28H42O6. The van der Waals surface area contributed by atoms with Crippen LogP contribution in [0, 0.1) is 40.4 Å². The molecule has 0 aromatic carbocycles. The predicted molar refractivity (Wildman–Crippen MR) is 128 cm³/mol. The quantitative estimate of drug-likeness (QED) is 0.467. The van der Waals surface area contributed by atoms with Crippen molar-refractivity contribution in [1.82, 2.24) is 0 Å². The lowest BCUT2D eigenvalue weighted by molar-refractivity contribution is -0.177. The first-order valence-corrected chi connectivity index (χ1v) is 13.2. The maximum absolute atomic E-state index is 13.9. The molecule has 0 aromatic heterocycles. The molecule has 190 valence electrons. The van der Waals surface area contributed by atoms with Gasteiger partial charge in [0.1, 0.15) is 6.10 Å². The maximum Gasteiger partial charge on any atom is 0.170 e.